The van der Waals surface area contributed by atoms with Gasteiger partial charge in [0.05, 0.1) is 16.6 Å². The number of rotatable bonds is 7. The third-order valence-electron chi connectivity index (χ3n) is 4.79. The van der Waals surface area contributed by atoms with Gasteiger partial charge in [-0.3, -0.25) is 9.59 Å². The summed E-state index contributed by atoms with van der Waals surface area (Å²) < 4.78 is 18.3. The Labute approximate surface area is 201 Å². The highest BCUT2D eigenvalue weighted by Gasteiger charge is 2.28. The van der Waals surface area contributed by atoms with Crippen molar-refractivity contribution < 1.29 is 18.5 Å². The lowest BCUT2D eigenvalue weighted by Gasteiger charge is -2.29. The average Bonchev–Trinajstić information content (AvgIpc) is 3.23. The van der Waals surface area contributed by atoms with E-state index in [1.54, 1.807) is 35.2 Å². The van der Waals surface area contributed by atoms with Crippen LogP contribution in [-0.4, -0.2) is 21.9 Å². The van der Waals surface area contributed by atoms with Crippen LogP contribution >= 0.6 is 23.2 Å². The summed E-state index contributed by atoms with van der Waals surface area (Å²) in [5.41, 5.74) is 1.01. The second-order valence-electron chi connectivity index (χ2n) is 8.65. The number of nitrogens with zero attached hydrogens (tertiary/aromatic N) is 2. The van der Waals surface area contributed by atoms with Gasteiger partial charge in [-0.1, -0.05) is 67.3 Å². The lowest BCUT2D eigenvalue weighted by atomic mass is 9.94. The van der Waals surface area contributed by atoms with Crippen LogP contribution in [0.5, 0.6) is 0 Å². The Hall–Kier alpha value is -2.90. The highest BCUT2D eigenvalue weighted by Crippen LogP contribution is 2.26. The third-order valence-corrected chi connectivity index (χ3v) is 5.53. The molecule has 0 fully saturated rings. The van der Waals surface area contributed by atoms with E-state index in [-0.39, 0.29) is 37.1 Å². The molecule has 0 bridgehead atoms. The van der Waals surface area contributed by atoms with E-state index in [1.165, 1.54) is 18.2 Å². The van der Waals surface area contributed by atoms with Crippen LogP contribution in [-0.2, 0) is 24.4 Å². The molecule has 0 saturated heterocycles. The molecule has 33 heavy (non-hydrogen) atoms. The zero-order valence-corrected chi connectivity index (χ0v) is 20.0. The third kappa shape index (κ3) is 6.79. The fraction of sp³-hybridized carbons (Fsp3) is 0.292. The molecule has 3 rings (SSSR count). The molecule has 0 atom stereocenters. The van der Waals surface area contributed by atoms with Crippen molar-refractivity contribution in [3.63, 3.8) is 0 Å². The van der Waals surface area contributed by atoms with Gasteiger partial charge < -0.3 is 14.7 Å². The van der Waals surface area contributed by atoms with Gasteiger partial charge in [0.1, 0.15) is 5.82 Å². The molecule has 0 aliphatic rings. The van der Waals surface area contributed by atoms with Crippen molar-refractivity contribution in [2.75, 3.05) is 0 Å². The highest BCUT2D eigenvalue weighted by molar-refractivity contribution is 6.42. The Morgan fingerprint density at radius 2 is 1.67 bits per heavy atom. The first-order valence-corrected chi connectivity index (χ1v) is 11.0. The van der Waals surface area contributed by atoms with Crippen molar-refractivity contribution in [1.82, 2.24) is 15.4 Å². The van der Waals surface area contributed by atoms with Crippen LogP contribution in [0.15, 0.2) is 53.1 Å². The molecule has 2 aromatic carbocycles. The van der Waals surface area contributed by atoms with Gasteiger partial charge in [0.15, 0.2) is 11.5 Å². The molecule has 0 saturated carbocycles. The van der Waals surface area contributed by atoms with Crippen LogP contribution in [0.1, 0.15) is 48.1 Å². The van der Waals surface area contributed by atoms with E-state index in [1.807, 2.05) is 20.8 Å². The van der Waals surface area contributed by atoms with Gasteiger partial charge in [0.2, 0.25) is 5.91 Å². The van der Waals surface area contributed by atoms with Crippen LogP contribution in [0.25, 0.3) is 0 Å². The number of amides is 2. The summed E-state index contributed by atoms with van der Waals surface area (Å²) in [5.74, 6) is -0.527. The number of hydrogen-bond acceptors (Lipinski definition) is 4. The predicted octanol–water partition coefficient (Wildman–Crippen LogP) is 5.63. The lowest BCUT2D eigenvalue weighted by molar-refractivity contribution is -0.141. The monoisotopic (exact) mass is 491 g/mol. The summed E-state index contributed by atoms with van der Waals surface area (Å²) in [7, 11) is 0. The van der Waals surface area contributed by atoms with Crippen molar-refractivity contribution in [2.45, 2.75) is 40.4 Å². The van der Waals surface area contributed by atoms with E-state index in [0.29, 0.717) is 15.8 Å². The van der Waals surface area contributed by atoms with Gasteiger partial charge in [-0.25, -0.2) is 4.39 Å². The van der Waals surface area contributed by atoms with Crippen molar-refractivity contribution in [3.8, 4) is 0 Å². The fourth-order valence-electron chi connectivity index (χ4n) is 3.09. The van der Waals surface area contributed by atoms with Crippen LogP contribution in [0.3, 0.4) is 0 Å². The van der Waals surface area contributed by atoms with Crippen molar-refractivity contribution in [2.24, 2.45) is 5.41 Å². The van der Waals surface area contributed by atoms with E-state index >= 15 is 0 Å². The van der Waals surface area contributed by atoms with E-state index in [2.05, 4.69) is 10.5 Å². The maximum atomic E-state index is 13.0. The zero-order valence-electron chi connectivity index (χ0n) is 18.5. The van der Waals surface area contributed by atoms with Crippen molar-refractivity contribution in [1.29, 1.82) is 0 Å². The SMILES string of the molecule is CC(C)(C)C(=O)N(Cc1ccc(Cl)c(Cl)c1)Cc1cc(C(=O)NCc2ccc(F)cc2)no1. The molecular formula is C24H24Cl2FN3O3. The van der Waals surface area contributed by atoms with Gasteiger partial charge >= 0.3 is 0 Å². The zero-order chi connectivity index (χ0) is 24.2. The summed E-state index contributed by atoms with van der Waals surface area (Å²) in [6.07, 6.45) is 0. The quantitative estimate of drug-likeness (QED) is 0.464. The van der Waals surface area contributed by atoms with E-state index in [0.717, 1.165) is 11.1 Å². The van der Waals surface area contributed by atoms with Crippen molar-refractivity contribution >= 4 is 35.0 Å². The molecule has 174 valence electrons. The Kier molecular flexibility index (Phi) is 7.76. The Balaban J connectivity index is 1.70. The smallest absolute Gasteiger partial charge is 0.273 e. The predicted molar refractivity (Wildman–Crippen MR) is 124 cm³/mol. The van der Waals surface area contributed by atoms with Crippen LogP contribution < -0.4 is 5.32 Å². The van der Waals surface area contributed by atoms with E-state index in [4.69, 9.17) is 27.7 Å². The minimum absolute atomic E-state index is 0.0878. The molecule has 0 aliphatic carbocycles. The van der Waals surface area contributed by atoms with E-state index in [9.17, 15) is 14.0 Å². The Morgan fingerprint density at radius 1 is 1.00 bits per heavy atom. The summed E-state index contributed by atoms with van der Waals surface area (Å²) in [6, 6.07) is 12.5. The molecule has 1 aromatic heterocycles. The van der Waals surface area contributed by atoms with Gasteiger partial charge in [0, 0.05) is 24.6 Å². The second kappa shape index (κ2) is 10.4. The summed E-state index contributed by atoms with van der Waals surface area (Å²) >= 11 is 12.1. The van der Waals surface area contributed by atoms with Gasteiger partial charge in [-0.15, -0.1) is 0 Å². The number of carbonyl (C=O) groups is 2. The summed E-state index contributed by atoms with van der Waals surface area (Å²) in [5, 5.41) is 7.37. The molecule has 6 nitrogen and oxygen atoms in total. The molecule has 1 heterocycles. The molecular weight excluding hydrogens is 468 g/mol. The average molecular weight is 492 g/mol. The molecule has 1 N–H and O–H groups in total. The number of halogens is 3. The minimum atomic E-state index is -0.633. The van der Waals surface area contributed by atoms with Gasteiger partial charge in [-0.05, 0) is 35.4 Å². The first kappa shape index (κ1) is 24.7. The van der Waals surface area contributed by atoms with E-state index < -0.39 is 11.3 Å². The Bertz CT molecular complexity index is 1140. The topological polar surface area (TPSA) is 75.4 Å². The molecule has 2 amide bonds. The number of benzene rings is 2. The fourth-order valence-corrected chi connectivity index (χ4v) is 3.41. The minimum Gasteiger partial charge on any atom is -0.359 e. The first-order chi connectivity index (χ1) is 15.5. The van der Waals surface area contributed by atoms with Crippen LogP contribution in [0.2, 0.25) is 10.0 Å². The second-order valence-corrected chi connectivity index (χ2v) is 9.46. The highest BCUT2D eigenvalue weighted by atomic mass is 35.5. The largest absolute Gasteiger partial charge is 0.359 e. The first-order valence-electron chi connectivity index (χ1n) is 10.2. The normalized spacial score (nSPS) is 11.3. The van der Waals surface area contributed by atoms with Crippen LogP contribution in [0, 0.1) is 11.2 Å². The van der Waals surface area contributed by atoms with Gasteiger partial charge in [0.25, 0.3) is 5.91 Å². The number of hydrogen-bond donors (Lipinski definition) is 1. The number of carbonyl (C=O) groups excluding carboxylic acids is 2. The maximum absolute atomic E-state index is 13.0. The molecule has 3 aromatic rings. The Morgan fingerprint density at radius 3 is 2.30 bits per heavy atom. The number of nitrogens with one attached hydrogen (secondary N) is 1. The van der Waals surface area contributed by atoms with Crippen molar-refractivity contribution in [3.05, 3.63) is 87.0 Å². The molecule has 9 heteroatoms. The summed E-state index contributed by atoms with van der Waals surface area (Å²) in [4.78, 5) is 27.1. The van der Waals surface area contributed by atoms with Crippen LogP contribution in [0.4, 0.5) is 4.39 Å². The molecule has 0 unspecified atom stereocenters. The maximum Gasteiger partial charge on any atom is 0.273 e. The standard InChI is InChI=1S/C24H24Cl2FN3O3/c1-24(2,3)23(32)30(13-16-6-9-19(25)20(26)10-16)14-18-11-21(29-33-18)22(31)28-12-15-4-7-17(27)8-5-15/h4-11H,12-14H2,1-3H3,(H,28,31). The molecule has 0 aliphatic heterocycles. The van der Waals surface area contributed by atoms with Gasteiger partial charge in [-0.2, -0.15) is 0 Å². The molecule has 0 spiro atoms. The summed E-state index contributed by atoms with van der Waals surface area (Å²) in [6.45, 7) is 6.09. The molecule has 0 radical (unpaired) electrons. The number of aromatic nitrogens is 1. The lowest BCUT2D eigenvalue weighted by Crippen LogP contribution is -2.38.